The van der Waals surface area contributed by atoms with E-state index in [1.165, 1.54) is 5.56 Å². The van der Waals surface area contributed by atoms with Gasteiger partial charge in [-0.1, -0.05) is 13.0 Å². The number of rotatable bonds is 6. The summed E-state index contributed by atoms with van der Waals surface area (Å²) >= 11 is 0. The molecule has 0 saturated heterocycles. The quantitative estimate of drug-likeness (QED) is 0.824. The van der Waals surface area contributed by atoms with Gasteiger partial charge in [0.05, 0.1) is 0 Å². The largest absolute Gasteiger partial charge is 0.491 e. The lowest BCUT2D eigenvalue weighted by Gasteiger charge is -2.27. The van der Waals surface area contributed by atoms with E-state index in [2.05, 4.69) is 11.4 Å². The van der Waals surface area contributed by atoms with Crippen LogP contribution < -0.4 is 15.8 Å². The molecule has 0 heterocycles. The zero-order valence-corrected chi connectivity index (χ0v) is 12.5. The Hall–Kier alpha value is -1.55. The molecule has 0 spiro atoms. The molecule has 0 aliphatic carbocycles. The van der Waals surface area contributed by atoms with E-state index >= 15 is 0 Å². The first-order chi connectivity index (χ1) is 8.80. The Morgan fingerprint density at radius 2 is 2.00 bits per heavy atom. The molecule has 0 bridgehead atoms. The summed E-state index contributed by atoms with van der Waals surface area (Å²) in [7, 11) is 0. The maximum Gasteiger partial charge on any atom is 0.240 e. The van der Waals surface area contributed by atoms with Crippen LogP contribution in [-0.2, 0) is 4.79 Å². The van der Waals surface area contributed by atoms with Gasteiger partial charge in [0.1, 0.15) is 17.9 Å². The summed E-state index contributed by atoms with van der Waals surface area (Å²) in [5.41, 5.74) is 8.00. The number of carbonyl (C=O) groups excluding carboxylic acids is 1. The molecule has 0 saturated carbocycles. The van der Waals surface area contributed by atoms with Crippen LogP contribution in [0, 0.1) is 20.8 Å². The SMILES string of the molecule is CCNC(C)(COc1cc(C)cc(C)c1C)C(N)=O. The predicted octanol–water partition coefficient (Wildman–Crippen LogP) is 1.84. The number of carbonyl (C=O) groups is 1. The molecule has 1 rings (SSSR count). The molecule has 0 radical (unpaired) electrons. The number of aryl methyl sites for hydroxylation is 2. The minimum Gasteiger partial charge on any atom is -0.491 e. The number of benzene rings is 1. The average molecular weight is 264 g/mol. The maximum atomic E-state index is 11.5. The molecule has 4 nitrogen and oxygen atoms in total. The highest BCUT2D eigenvalue weighted by atomic mass is 16.5. The van der Waals surface area contributed by atoms with Crippen LogP contribution in [0.3, 0.4) is 0 Å². The van der Waals surface area contributed by atoms with E-state index in [-0.39, 0.29) is 6.61 Å². The van der Waals surface area contributed by atoms with Gasteiger partial charge in [-0.2, -0.15) is 0 Å². The minimum atomic E-state index is -0.848. The fourth-order valence-corrected chi connectivity index (χ4v) is 1.97. The third-order valence-corrected chi connectivity index (χ3v) is 3.39. The first-order valence-electron chi connectivity index (χ1n) is 6.55. The molecule has 0 fully saturated rings. The van der Waals surface area contributed by atoms with Gasteiger partial charge in [0.2, 0.25) is 5.91 Å². The third kappa shape index (κ3) is 3.70. The molecule has 1 atom stereocenters. The van der Waals surface area contributed by atoms with Gasteiger partial charge in [-0.15, -0.1) is 0 Å². The van der Waals surface area contributed by atoms with E-state index < -0.39 is 11.4 Å². The van der Waals surface area contributed by atoms with Gasteiger partial charge in [-0.05, 0) is 57.0 Å². The average Bonchev–Trinajstić information content (AvgIpc) is 2.32. The summed E-state index contributed by atoms with van der Waals surface area (Å²) in [4.78, 5) is 11.5. The molecule has 1 amide bonds. The van der Waals surface area contributed by atoms with Crippen molar-refractivity contribution in [2.45, 2.75) is 40.2 Å². The van der Waals surface area contributed by atoms with Crippen LogP contribution in [0.25, 0.3) is 0 Å². The summed E-state index contributed by atoms with van der Waals surface area (Å²) in [6.45, 7) is 10.7. The van der Waals surface area contributed by atoms with E-state index in [0.29, 0.717) is 6.54 Å². The van der Waals surface area contributed by atoms with Gasteiger partial charge in [-0.25, -0.2) is 0 Å². The Balaban J connectivity index is 2.89. The Labute approximate surface area is 115 Å². The Morgan fingerprint density at radius 3 is 2.53 bits per heavy atom. The molecular weight excluding hydrogens is 240 g/mol. The van der Waals surface area contributed by atoms with E-state index in [0.717, 1.165) is 16.9 Å². The number of ether oxygens (including phenoxy) is 1. The molecule has 1 unspecified atom stereocenters. The smallest absolute Gasteiger partial charge is 0.240 e. The van der Waals surface area contributed by atoms with Gasteiger partial charge in [0.25, 0.3) is 0 Å². The highest BCUT2D eigenvalue weighted by Crippen LogP contribution is 2.24. The Kier molecular flexibility index (Phi) is 4.95. The van der Waals surface area contributed by atoms with Crippen LogP contribution in [0.15, 0.2) is 12.1 Å². The molecule has 4 heteroatoms. The van der Waals surface area contributed by atoms with Gasteiger partial charge in [0, 0.05) is 0 Å². The lowest BCUT2D eigenvalue weighted by atomic mass is 10.0. The number of nitrogens with one attached hydrogen (secondary N) is 1. The van der Waals surface area contributed by atoms with E-state index in [1.54, 1.807) is 6.92 Å². The lowest BCUT2D eigenvalue weighted by molar-refractivity contribution is -0.124. The standard InChI is InChI=1S/C15H24N2O2/c1-6-17-15(5,14(16)18)9-19-13-8-10(2)7-11(3)12(13)4/h7-8,17H,6,9H2,1-5H3,(H2,16,18). The minimum absolute atomic E-state index is 0.222. The zero-order chi connectivity index (χ0) is 14.6. The first-order valence-corrected chi connectivity index (χ1v) is 6.55. The van der Waals surface area contributed by atoms with Crippen LogP contribution in [0.1, 0.15) is 30.5 Å². The molecule has 1 aromatic carbocycles. The second-order valence-corrected chi connectivity index (χ2v) is 5.22. The monoisotopic (exact) mass is 264 g/mol. The molecule has 19 heavy (non-hydrogen) atoms. The fraction of sp³-hybridized carbons (Fsp3) is 0.533. The van der Waals surface area contributed by atoms with Crippen molar-refractivity contribution >= 4 is 5.91 Å². The van der Waals surface area contributed by atoms with Crippen molar-refractivity contribution < 1.29 is 9.53 Å². The van der Waals surface area contributed by atoms with Crippen molar-refractivity contribution in [2.24, 2.45) is 5.73 Å². The summed E-state index contributed by atoms with van der Waals surface area (Å²) in [5, 5.41) is 3.08. The van der Waals surface area contributed by atoms with Crippen molar-refractivity contribution in [3.63, 3.8) is 0 Å². The fourth-order valence-electron chi connectivity index (χ4n) is 1.97. The van der Waals surface area contributed by atoms with Gasteiger partial charge in [0.15, 0.2) is 0 Å². The number of likely N-dealkylation sites (N-methyl/N-ethyl adjacent to an activating group) is 1. The number of hydrogen-bond acceptors (Lipinski definition) is 3. The lowest BCUT2D eigenvalue weighted by Crippen LogP contribution is -2.57. The summed E-state index contributed by atoms with van der Waals surface area (Å²) in [6, 6.07) is 4.09. The van der Waals surface area contributed by atoms with Gasteiger partial charge < -0.3 is 15.8 Å². The molecule has 0 aliphatic rings. The predicted molar refractivity (Wildman–Crippen MR) is 77.4 cm³/mol. The van der Waals surface area contributed by atoms with Crippen molar-refractivity contribution in [3.05, 3.63) is 28.8 Å². The van der Waals surface area contributed by atoms with Gasteiger partial charge >= 0.3 is 0 Å². The molecule has 0 aromatic heterocycles. The molecule has 106 valence electrons. The zero-order valence-electron chi connectivity index (χ0n) is 12.5. The van der Waals surface area contributed by atoms with Crippen LogP contribution in [0.5, 0.6) is 5.75 Å². The van der Waals surface area contributed by atoms with E-state index in [1.807, 2.05) is 33.8 Å². The number of amides is 1. The van der Waals surface area contributed by atoms with Crippen LogP contribution in [0.4, 0.5) is 0 Å². The highest BCUT2D eigenvalue weighted by molar-refractivity contribution is 5.84. The summed E-state index contributed by atoms with van der Waals surface area (Å²) in [5.74, 6) is 0.402. The second kappa shape index (κ2) is 6.06. The van der Waals surface area contributed by atoms with Crippen molar-refractivity contribution in [1.82, 2.24) is 5.32 Å². The second-order valence-electron chi connectivity index (χ2n) is 5.22. The van der Waals surface area contributed by atoms with E-state index in [4.69, 9.17) is 10.5 Å². The first kappa shape index (κ1) is 15.5. The third-order valence-electron chi connectivity index (χ3n) is 3.39. The van der Waals surface area contributed by atoms with Crippen molar-refractivity contribution in [1.29, 1.82) is 0 Å². The van der Waals surface area contributed by atoms with E-state index in [9.17, 15) is 4.79 Å². The Morgan fingerprint density at radius 1 is 1.37 bits per heavy atom. The van der Waals surface area contributed by atoms with Gasteiger partial charge in [-0.3, -0.25) is 4.79 Å². The number of hydrogen-bond donors (Lipinski definition) is 2. The summed E-state index contributed by atoms with van der Waals surface area (Å²) in [6.07, 6.45) is 0. The maximum absolute atomic E-state index is 11.5. The Bertz CT molecular complexity index is 471. The molecule has 0 aliphatic heterocycles. The highest BCUT2D eigenvalue weighted by Gasteiger charge is 2.31. The summed E-state index contributed by atoms with van der Waals surface area (Å²) < 4.78 is 5.81. The van der Waals surface area contributed by atoms with Crippen molar-refractivity contribution in [2.75, 3.05) is 13.2 Å². The molecule has 1 aromatic rings. The number of nitrogens with two attached hydrogens (primary N) is 1. The molecule has 3 N–H and O–H groups in total. The number of primary amides is 1. The topological polar surface area (TPSA) is 64.3 Å². The molecular formula is C15H24N2O2. The van der Waals surface area contributed by atoms with Crippen molar-refractivity contribution in [3.8, 4) is 5.75 Å². The van der Waals surface area contributed by atoms with Crippen LogP contribution in [-0.4, -0.2) is 24.6 Å². The van der Waals surface area contributed by atoms with Crippen LogP contribution in [0.2, 0.25) is 0 Å². The normalized spacial score (nSPS) is 13.9. The van der Waals surface area contributed by atoms with Crippen LogP contribution >= 0.6 is 0 Å².